The summed E-state index contributed by atoms with van der Waals surface area (Å²) in [5.74, 6) is 0.388. The molecule has 1 unspecified atom stereocenters. The number of carbonyl (C=O) groups is 1. The Morgan fingerprint density at radius 3 is 2.38 bits per heavy atom. The molecule has 0 aliphatic heterocycles. The number of hydrogen-bond donors (Lipinski definition) is 2. The molecule has 0 fully saturated rings. The number of nitrogens with one attached hydrogen (secondary N) is 2. The molecular formula is C24H33N3O3S2. The van der Waals surface area contributed by atoms with Crippen LogP contribution in [-0.2, 0) is 14.8 Å². The van der Waals surface area contributed by atoms with E-state index in [9.17, 15) is 13.2 Å². The number of rotatable bonds is 14. The minimum absolute atomic E-state index is 0.293. The first-order valence-electron chi connectivity index (χ1n) is 10.8. The van der Waals surface area contributed by atoms with Crippen LogP contribution in [0.4, 0.5) is 5.69 Å². The third-order valence-corrected chi connectivity index (χ3v) is 6.63. The number of nitrogens with zero attached hydrogens (tertiary/aromatic N) is 1. The van der Waals surface area contributed by atoms with E-state index in [-0.39, 0.29) is 5.91 Å². The van der Waals surface area contributed by atoms with Crippen LogP contribution < -0.4 is 14.9 Å². The molecule has 6 nitrogen and oxygen atoms in total. The predicted molar refractivity (Wildman–Crippen MR) is 136 cm³/mol. The van der Waals surface area contributed by atoms with Crippen molar-refractivity contribution in [1.29, 1.82) is 0 Å². The van der Waals surface area contributed by atoms with Gasteiger partial charge in [0.1, 0.15) is 6.04 Å². The van der Waals surface area contributed by atoms with Crippen LogP contribution in [0, 0.1) is 0 Å². The van der Waals surface area contributed by atoms with Gasteiger partial charge >= 0.3 is 0 Å². The lowest BCUT2D eigenvalue weighted by atomic mass is 10.2. The average Bonchev–Trinajstić information content (AvgIpc) is 2.81. The van der Waals surface area contributed by atoms with Crippen LogP contribution in [0.15, 0.2) is 66.1 Å². The number of carbonyl (C=O) groups excluding carboxylic acids is 1. The molecule has 0 aromatic heterocycles. The lowest BCUT2D eigenvalue weighted by Crippen LogP contribution is -2.47. The molecule has 0 heterocycles. The van der Waals surface area contributed by atoms with Crippen molar-refractivity contribution in [2.24, 2.45) is 0 Å². The van der Waals surface area contributed by atoms with Gasteiger partial charge in [-0.3, -0.25) is 4.79 Å². The van der Waals surface area contributed by atoms with Crippen LogP contribution in [-0.4, -0.2) is 52.0 Å². The normalized spacial score (nSPS) is 12.6. The molecule has 2 N–H and O–H groups in total. The summed E-state index contributed by atoms with van der Waals surface area (Å²) < 4.78 is 27.5. The van der Waals surface area contributed by atoms with Gasteiger partial charge < -0.3 is 10.2 Å². The molecule has 8 heteroatoms. The Morgan fingerprint density at radius 1 is 1.09 bits per heavy atom. The van der Waals surface area contributed by atoms with E-state index in [1.165, 1.54) is 6.08 Å². The van der Waals surface area contributed by atoms with Gasteiger partial charge in [-0.1, -0.05) is 48.5 Å². The second kappa shape index (κ2) is 14.0. The van der Waals surface area contributed by atoms with Crippen LogP contribution in [0.2, 0.25) is 0 Å². The summed E-state index contributed by atoms with van der Waals surface area (Å²) in [4.78, 5) is 14.9. The number of para-hydroxylation sites is 1. The zero-order valence-electron chi connectivity index (χ0n) is 18.7. The summed E-state index contributed by atoms with van der Waals surface area (Å²) in [5, 5.41) is 4.00. The predicted octanol–water partition coefficient (Wildman–Crippen LogP) is 3.73. The molecule has 0 saturated heterocycles. The number of sulfonamides is 1. The lowest BCUT2D eigenvalue weighted by molar-refractivity contribution is -0.122. The highest BCUT2D eigenvalue weighted by atomic mass is 32.2. The maximum absolute atomic E-state index is 12.7. The molecule has 0 aliphatic carbocycles. The molecule has 1 amide bonds. The number of thioether (sulfide) groups is 1. The SMILES string of the molecule is CCN(CCCNC(=O)C(CCSC)NS(=O)(=O)/C=C/c1ccccc1)c1ccccc1. The lowest BCUT2D eigenvalue weighted by Gasteiger charge is -2.23. The maximum Gasteiger partial charge on any atom is 0.238 e. The first-order valence-corrected chi connectivity index (χ1v) is 13.7. The molecule has 0 bridgehead atoms. The minimum Gasteiger partial charge on any atom is -0.372 e. The van der Waals surface area contributed by atoms with Gasteiger partial charge in [0.25, 0.3) is 0 Å². The average molecular weight is 476 g/mol. The van der Waals surface area contributed by atoms with E-state index in [1.807, 2.05) is 54.8 Å². The van der Waals surface area contributed by atoms with Crippen molar-refractivity contribution < 1.29 is 13.2 Å². The van der Waals surface area contributed by atoms with E-state index in [2.05, 4.69) is 34.0 Å². The van der Waals surface area contributed by atoms with E-state index in [1.54, 1.807) is 11.8 Å². The van der Waals surface area contributed by atoms with Crippen molar-refractivity contribution in [3.8, 4) is 0 Å². The van der Waals surface area contributed by atoms with Gasteiger partial charge in [0, 0.05) is 30.7 Å². The van der Waals surface area contributed by atoms with Crippen LogP contribution in [0.5, 0.6) is 0 Å². The first kappa shape index (κ1) is 26.0. The Morgan fingerprint density at radius 2 is 1.75 bits per heavy atom. The molecule has 2 aromatic rings. The Balaban J connectivity index is 1.89. The van der Waals surface area contributed by atoms with Crippen LogP contribution in [0.3, 0.4) is 0 Å². The highest BCUT2D eigenvalue weighted by Gasteiger charge is 2.22. The number of amides is 1. The Labute approximate surface area is 196 Å². The topological polar surface area (TPSA) is 78.5 Å². The number of hydrogen-bond acceptors (Lipinski definition) is 5. The van der Waals surface area contributed by atoms with E-state index in [4.69, 9.17) is 0 Å². The zero-order valence-corrected chi connectivity index (χ0v) is 20.4. The molecular weight excluding hydrogens is 442 g/mol. The molecule has 32 heavy (non-hydrogen) atoms. The first-order chi connectivity index (χ1) is 15.4. The largest absolute Gasteiger partial charge is 0.372 e. The summed E-state index contributed by atoms with van der Waals surface area (Å²) >= 11 is 1.58. The number of benzene rings is 2. The van der Waals surface area contributed by atoms with Crippen molar-refractivity contribution in [1.82, 2.24) is 10.0 Å². The number of anilines is 1. The van der Waals surface area contributed by atoms with Gasteiger partial charge in [0.2, 0.25) is 15.9 Å². The van der Waals surface area contributed by atoms with Crippen molar-refractivity contribution >= 4 is 39.5 Å². The molecule has 1 atom stereocenters. The molecule has 0 radical (unpaired) electrons. The Bertz CT molecular complexity index is 935. The summed E-state index contributed by atoms with van der Waals surface area (Å²) in [5.41, 5.74) is 1.93. The van der Waals surface area contributed by atoms with Crippen molar-refractivity contribution in [2.75, 3.05) is 36.5 Å². The van der Waals surface area contributed by atoms with Gasteiger partial charge in [-0.15, -0.1) is 0 Å². The van der Waals surface area contributed by atoms with E-state index in [0.717, 1.165) is 36.2 Å². The zero-order chi connectivity index (χ0) is 23.2. The highest BCUT2D eigenvalue weighted by molar-refractivity contribution is 7.98. The van der Waals surface area contributed by atoms with Gasteiger partial charge in [-0.2, -0.15) is 16.5 Å². The summed E-state index contributed by atoms with van der Waals surface area (Å²) in [6.07, 6.45) is 4.65. The fraction of sp³-hybridized carbons (Fsp3) is 0.375. The molecule has 0 saturated carbocycles. The monoisotopic (exact) mass is 475 g/mol. The van der Waals surface area contributed by atoms with Gasteiger partial charge in [-0.05, 0) is 55.5 Å². The fourth-order valence-corrected chi connectivity index (χ4v) is 4.67. The summed E-state index contributed by atoms with van der Waals surface area (Å²) in [7, 11) is -3.75. The van der Waals surface area contributed by atoms with Gasteiger partial charge in [0.15, 0.2) is 0 Å². The van der Waals surface area contributed by atoms with E-state index in [0.29, 0.717) is 18.7 Å². The Kier molecular flexibility index (Phi) is 11.3. The van der Waals surface area contributed by atoms with E-state index < -0.39 is 16.1 Å². The van der Waals surface area contributed by atoms with Crippen LogP contribution in [0.25, 0.3) is 6.08 Å². The maximum atomic E-state index is 12.7. The third kappa shape index (κ3) is 9.46. The van der Waals surface area contributed by atoms with Crippen LogP contribution in [0.1, 0.15) is 25.3 Å². The Hall–Kier alpha value is -2.29. The summed E-state index contributed by atoms with van der Waals surface area (Å²) in [6, 6.07) is 18.5. The molecule has 0 spiro atoms. The van der Waals surface area contributed by atoms with Gasteiger partial charge in [0.05, 0.1) is 0 Å². The van der Waals surface area contributed by atoms with E-state index >= 15 is 0 Å². The second-order valence-electron chi connectivity index (χ2n) is 7.27. The third-order valence-electron chi connectivity index (χ3n) is 4.88. The minimum atomic E-state index is -3.75. The molecule has 174 valence electrons. The fourth-order valence-electron chi connectivity index (χ4n) is 3.16. The quantitative estimate of drug-likeness (QED) is 0.407. The van der Waals surface area contributed by atoms with Gasteiger partial charge in [-0.25, -0.2) is 8.42 Å². The summed E-state index contributed by atoms with van der Waals surface area (Å²) in [6.45, 7) is 4.27. The molecule has 2 aromatic carbocycles. The molecule has 2 rings (SSSR count). The van der Waals surface area contributed by atoms with Crippen molar-refractivity contribution in [2.45, 2.75) is 25.8 Å². The van der Waals surface area contributed by atoms with Crippen molar-refractivity contribution in [3.05, 3.63) is 71.6 Å². The van der Waals surface area contributed by atoms with Crippen molar-refractivity contribution in [3.63, 3.8) is 0 Å². The highest BCUT2D eigenvalue weighted by Crippen LogP contribution is 2.13. The standard InChI is InChI=1S/C24H33N3O3S2/c1-3-27(22-13-8-5-9-14-22)18-10-17-25-24(28)23(15-19-31-2)26-32(29,30)20-16-21-11-6-4-7-12-21/h4-9,11-14,16,20,23,26H,3,10,15,17-19H2,1-2H3,(H,25,28)/b20-16+. The smallest absolute Gasteiger partial charge is 0.238 e. The molecule has 0 aliphatic rings. The second-order valence-corrected chi connectivity index (χ2v) is 9.85. The van der Waals surface area contributed by atoms with Crippen LogP contribution >= 0.6 is 11.8 Å².